The van der Waals surface area contributed by atoms with Crippen LogP contribution in [0.5, 0.6) is 0 Å². The van der Waals surface area contributed by atoms with Crippen molar-refractivity contribution in [3.05, 3.63) is 94.0 Å². The van der Waals surface area contributed by atoms with Crippen LogP contribution in [-0.2, 0) is 26.2 Å². The fourth-order valence-corrected chi connectivity index (χ4v) is 5.83. The van der Waals surface area contributed by atoms with Crippen molar-refractivity contribution in [3.8, 4) is 0 Å². The number of benzene rings is 3. The summed E-state index contributed by atoms with van der Waals surface area (Å²) in [6.07, 6.45) is 0.328. The zero-order valence-electron chi connectivity index (χ0n) is 21.5. The molecule has 0 radical (unpaired) electrons. The lowest BCUT2D eigenvalue weighted by molar-refractivity contribution is -0.140. The Hall–Kier alpha value is -3.07. The van der Waals surface area contributed by atoms with E-state index in [2.05, 4.69) is 5.32 Å². The van der Waals surface area contributed by atoms with E-state index >= 15 is 0 Å². The summed E-state index contributed by atoms with van der Waals surface area (Å²) >= 11 is 12.3. The summed E-state index contributed by atoms with van der Waals surface area (Å²) in [4.78, 5) is 28.4. The maximum Gasteiger partial charge on any atom is 0.264 e. The minimum atomic E-state index is -4.10. The molecular weight excluding hydrogens is 545 g/mol. The van der Waals surface area contributed by atoms with Crippen LogP contribution in [0.2, 0.25) is 10.0 Å². The topological polar surface area (TPSA) is 86.8 Å². The van der Waals surface area contributed by atoms with Gasteiger partial charge < -0.3 is 10.2 Å². The number of anilines is 1. The zero-order chi connectivity index (χ0) is 27.9. The standard InChI is InChI=1S/C28H31Cl2N3O4S/c1-4-26(28(35)31-5-2)32(18-21-14-15-24(29)25(30)17-21)27(34)19-33(22-11-9-10-20(3)16-22)38(36,37)23-12-7-6-8-13-23/h6-17,26H,4-5,18-19H2,1-3H3,(H,31,35)/t26-/m0/s1. The molecule has 0 aliphatic rings. The van der Waals surface area contributed by atoms with Crippen LogP contribution in [0.3, 0.4) is 0 Å². The van der Waals surface area contributed by atoms with E-state index in [1.165, 1.54) is 17.0 Å². The fraction of sp³-hybridized carbons (Fsp3) is 0.286. The Morgan fingerprint density at radius 1 is 0.921 bits per heavy atom. The molecule has 0 aliphatic carbocycles. The highest BCUT2D eigenvalue weighted by atomic mass is 35.5. The number of amides is 2. The number of rotatable bonds is 11. The van der Waals surface area contributed by atoms with E-state index in [9.17, 15) is 18.0 Å². The molecule has 3 aromatic rings. The van der Waals surface area contributed by atoms with Crippen molar-refractivity contribution in [3.63, 3.8) is 0 Å². The molecule has 0 saturated heterocycles. The van der Waals surface area contributed by atoms with Gasteiger partial charge in [0.1, 0.15) is 12.6 Å². The highest BCUT2D eigenvalue weighted by Gasteiger charge is 2.33. The minimum Gasteiger partial charge on any atom is -0.355 e. The third kappa shape index (κ3) is 7.07. The van der Waals surface area contributed by atoms with Gasteiger partial charge in [0.25, 0.3) is 10.0 Å². The average Bonchev–Trinajstić information content (AvgIpc) is 2.89. The monoisotopic (exact) mass is 575 g/mol. The Morgan fingerprint density at radius 3 is 2.24 bits per heavy atom. The lowest BCUT2D eigenvalue weighted by atomic mass is 10.1. The molecule has 0 aliphatic heterocycles. The predicted molar refractivity (Wildman–Crippen MR) is 152 cm³/mol. The van der Waals surface area contributed by atoms with Gasteiger partial charge in [-0.15, -0.1) is 0 Å². The number of carbonyl (C=O) groups excluding carboxylic acids is 2. The molecule has 10 heteroatoms. The van der Waals surface area contributed by atoms with Crippen molar-refractivity contribution in [2.24, 2.45) is 0 Å². The molecule has 0 heterocycles. The summed E-state index contributed by atoms with van der Waals surface area (Å²) in [6.45, 7) is 5.37. The molecule has 0 saturated carbocycles. The second-order valence-corrected chi connectivity index (χ2v) is 11.4. The molecule has 1 atom stereocenters. The first kappa shape index (κ1) is 29.5. The molecule has 0 unspecified atom stereocenters. The number of nitrogens with one attached hydrogen (secondary N) is 1. The van der Waals surface area contributed by atoms with Gasteiger partial charge in [-0.1, -0.05) is 66.5 Å². The summed E-state index contributed by atoms with van der Waals surface area (Å²) in [5.41, 5.74) is 1.84. The molecule has 0 fully saturated rings. The number of hydrogen-bond acceptors (Lipinski definition) is 4. The van der Waals surface area contributed by atoms with E-state index in [0.717, 1.165) is 9.87 Å². The lowest BCUT2D eigenvalue weighted by Gasteiger charge is -2.33. The Kier molecular flexibility index (Phi) is 10.2. The fourth-order valence-electron chi connectivity index (χ4n) is 4.08. The summed E-state index contributed by atoms with van der Waals surface area (Å²) in [5.74, 6) is -0.855. The number of likely N-dealkylation sites (N-methyl/N-ethyl adjacent to an activating group) is 1. The van der Waals surface area contributed by atoms with E-state index in [4.69, 9.17) is 23.2 Å². The molecule has 2 amide bonds. The van der Waals surface area contributed by atoms with Gasteiger partial charge in [0.2, 0.25) is 11.8 Å². The van der Waals surface area contributed by atoms with Crippen LogP contribution in [0.15, 0.2) is 77.7 Å². The van der Waals surface area contributed by atoms with Crippen LogP contribution in [0.4, 0.5) is 5.69 Å². The Morgan fingerprint density at radius 2 is 1.63 bits per heavy atom. The molecule has 1 N–H and O–H groups in total. The molecule has 7 nitrogen and oxygen atoms in total. The van der Waals surface area contributed by atoms with Crippen molar-refractivity contribution in [2.45, 2.75) is 44.7 Å². The number of nitrogens with zero attached hydrogens (tertiary/aromatic N) is 2. The normalized spacial score (nSPS) is 12.0. The maximum absolute atomic E-state index is 13.9. The Balaban J connectivity index is 2.06. The highest BCUT2D eigenvalue weighted by Crippen LogP contribution is 2.27. The van der Waals surface area contributed by atoms with E-state index in [1.54, 1.807) is 68.4 Å². The van der Waals surface area contributed by atoms with Crippen LogP contribution in [-0.4, -0.2) is 44.3 Å². The maximum atomic E-state index is 13.9. The quantitative estimate of drug-likeness (QED) is 0.330. The first-order chi connectivity index (χ1) is 18.1. The van der Waals surface area contributed by atoms with Gasteiger partial charge >= 0.3 is 0 Å². The summed E-state index contributed by atoms with van der Waals surface area (Å²) in [7, 11) is -4.10. The first-order valence-corrected chi connectivity index (χ1v) is 14.4. The molecule has 3 rings (SSSR count). The molecule has 3 aromatic carbocycles. The van der Waals surface area contributed by atoms with Gasteiger partial charge in [-0.05, 0) is 67.8 Å². The summed E-state index contributed by atoms with van der Waals surface area (Å²) < 4.78 is 28.6. The number of sulfonamides is 1. The second kappa shape index (κ2) is 13.1. The smallest absolute Gasteiger partial charge is 0.264 e. The number of aryl methyl sites for hydroxylation is 1. The van der Waals surface area contributed by atoms with Crippen LogP contribution in [0.25, 0.3) is 0 Å². The van der Waals surface area contributed by atoms with Gasteiger partial charge in [-0.2, -0.15) is 0 Å². The predicted octanol–water partition coefficient (Wildman–Crippen LogP) is 5.44. The van der Waals surface area contributed by atoms with E-state index < -0.39 is 28.5 Å². The largest absolute Gasteiger partial charge is 0.355 e. The third-order valence-corrected chi connectivity index (χ3v) is 8.50. The zero-order valence-corrected chi connectivity index (χ0v) is 23.9. The number of halogens is 2. The summed E-state index contributed by atoms with van der Waals surface area (Å²) in [5, 5.41) is 3.45. The van der Waals surface area contributed by atoms with Gasteiger partial charge in [0.05, 0.1) is 20.6 Å². The molecule has 0 bridgehead atoms. The van der Waals surface area contributed by atoms with Crippen LogP contribution in [0, 0.1) is 6.92 Å². The van der Waals surface area contributed by atoms with Crippen molar-refractivity contribution in [1.82, 2.24) is 10.2 Å². The number of carbonyl (C=O) groups is 2. The van der Waals surface area contributed by atoms with E-state index in [1.807, 2.05) is 13.0 Å². The van der Waals surface area contributed by atoms with Gasteiger partial charge in [0, 0.05) is 13.1 Å². The molecular formula is C28H31Cl2N3O4S. The first-order valence-electron chi connectivity index (χ1n) is 12.2. The van der Waals surface area contributed by atoms with Crippen LogP contribution in [0.1, 0.15) is 31.4 Å². The van der Waals surface area contributed by atoms with Crippen LogP contribution >= 0.6 is 23.2 Å². The average molecular weight is 577 g/mol. The van der Waals surface area contributed by atoms with Crippen molar-refractivity contribution < 1.29 is 18.0 Å². The Labute approximate surface area is 234 Å². The molecule has 0 aromatic heterocycles. The summed E-state index contributed by atoms with van der Waals surface area (Å²) in [6, 6.07) is 19.0. The van der Waals surface area contributed by atoms with Crippen LogP contribution < -0.4 is 9.62 Å². The van der Waals surface area contributed by atoms with Crippen molar-refractivity contribution in [2.75, 3.05) is 17.4 Å². The van der Waals surface area contributed by atoms with Gasteiger partial charge in [-0.3, -0.25) is 13.9 Å². The third-order valence-electron chi connectivity index (χ3n) is 5.97. The minimum absolute atomic E-state index is 0.0401. The van der Waals surface area contributed by atoms with E-state index in [-0.39, 0.29) is 17.3 Å². The van der Waals surface area contributed by atoms with Crippen molar-refractivity contribution >= 4 is 50.7 Å². The molecule has 38 heavy (non-hydrogen) atoms. The lowest BCUT2D eigenvalue weighted by Crippen LogP contribution is -2.52. The second-order valence-electron chi connectivity index (χ2n) is 8.75. The van der Waals surface area contributed by atoms with Gasteiger partial charge in [0.15, 0.2) is 0 Å². The Bertz CT molecular complexity index is 1380. The number of hydrogen-bond donors (Lipinski definition) is 1. The van der Waals surface area contributed by atoms with Crippen molar-refractivity contribution in [1.29, 1.82) is 0 Å². The molecule has 202 valence electrons. The highest BCUT2D eigenvalue weighted by molar-refractivity contribution is 7.92. The van der Waals surface area contributed by atoms with E-state index in [0.29, 0.717) is 34.3 Å². The SMILES string of the molecule is CCNC(=O)[C@H](CC)N(Cc1ccc(Cl)c(Cl)c1)C(=O)CN(c1cccc(C)c1)S(=O)(=O)c1ccccc1. The van der Waals surface area contributed by atoms with Gasteiger partial charge in [-0.25, -0.2) is 8.42 Å². The molecule has 0 spiro atoms.